The van der Waals surface area contributed by atoms with Gasteiger partial charge in [-0.05, 0) is 25.5 Å². The molecule has 1 N–H and O–H groups in total. The largest absolute Gasteiger partial charge is 0.310 e. The van der Waals surface area contributed by atoms with E-state index in [1.807, 2.05) is 6.20 Å². The van der Waals surface area contributed by atoms with Gasteiger partial charge in [-0.1, -0.05) is 44.9 Å². The van der Waals surface area contributed by atoms with E-state index in [9.17, 15) is 0 Å². The molecule has 0 aliphatic rings. The summed E-state index contributed by atoms with van der Waals surface area (Å²) in [4.78, 5) is 0. The van der Waals surface area contributed by atoms with Gasteiger partial charge in [-0.2, -0.15) is 5.10 Å². The van der Waals surface area contributed by atoms with Gasteiger partial charge in [-0.25, -0.2) is 4.68 Å². The molecule has 0 saturated heterocycles. The monoisotopic (exact) mass is 271 g/mol. The van der Waals surface area contributed by atoms with Crippen molar-refractivity contribution >= 4 is 0 Å². The predicted molar refractivity (Wildman–Crippen MR) is 84.3 cm³/mol. The van der Waals surface area contributed by atoms with Gasteiger partial charge in [0.1, 0.15) is 0 Å². The summed E-state index contributed by atoms with van der Waals surface area (Å²) >= 11 is 0. The van der Waals surface area contributed by atoms with Crippen LogP contribution in [0.2, 0.25) is 0 Å². The Bertz CT molecular complexity index is 538. The molecular weight excluding hydrogens is 246 g/mol. The number of rotatable bonds is 6. The minimum atomic E-state index is 0.493. The van der Waals surface area contributed by atoms with E-state index in [1.54, 1.807) is 0 Å². The fourth-order valence-electron chi connectivity index (χ4n) is 2.28. The van der Waals surface area contributed by atoms with Crippen LogP contribution in [0, 0.1) is 6.92 Å². The molecule has 1 aromatic carbocycles. The van der Waals surface area contributed by atoms with Gasteiger partial charge in [0.2, 0.25) is 0 Å². The van der Waals surface area contributed by atoms with Gasteiger partial charge in [0.25, 0.3) is 0 Å². The van der Waals surface area contributed by atoms with Gasteiger partial charge in [0.05, 0.1) is 11.9 Å². The van der Waals surface area contributed by atoms with Crippen molar-refractivity contribution in [1.29, 1.82) is 0 Å². The second kappa shape index (κ2) is 6.71. The fourth-order valence-corrected chi connectivity index (χ4v) is 2.28. The molecule has 0 fully saturated rings. The first-order chi connectivity index (χ1) is 9.61. The first-order valence-electron chi connectivity index (χ1n) is 7.48. The predicted octanol–water partition coefficient (Wildman–Crippen LogP) is 3.63. The lowest BCUT2D eigenvalue weighted by Crippen LogP contribution is -2.22. The third kappa shape index (κ3) is 3.48. The lowest BCUT2D eigenvalue weighted by atomic mass is 10.1. The Morgan fingerprint density at radius 2 is 1.90 bits per heavy atom. The van der Waals surface area contributed by atoms with E-state index in [0.29, 0.717) is 6.04 Å². The zero-order valence-electron chi connectivity index (χ0n) is 13.0. The molecule has 3 nitrogen and oxygen atoms in total. The number of hydrogen-bond donors (Lipinski definition) is 1. The second-order valence-electron chi connectivity index (χ2n) is 5.65. The van der Waals surface area contributed by atoms with Crippen LogP contribution < -0.4 is 5.32 Å². The summed E-state index contributed by atoms with van der Waals surface area (Å²) in [5.41, 5.74) is 5.06. The van der Waals surface area contributed by atoms with Crippen LogP contribution in [0.15, 0.2) is 30.5 Å². The molecule has 3 heteroatoms. The molecule has 2 aromatic rings. The summed E-state index contributed by atoms with van der Waals surface area (Å²) < 4.78 is 2.08. The quantitative estimate of drug-likeness (QED) is 0.869. The Morgan fingerprint density at radius 3 is 2.50 bits per heavy atom. The summed E-state index contributed by atoms with van der Waals surface area (Å²) in [5, 5.41) is 8.07. The first-order valence-corrected chi connectivity index (χ1v) is 7.48. The molecule has 20 heavy (non-hydrogen) atoms. The smallest absolute Gasteiger partial charge is 0.0649 e. The molecule has 0 saturated carbocycles. The topological polar surface area (TPSA) is 29.9 Å². The molecule has 1 aromatic heterocycles. The molecule has 0 spiro atoms. The van der Waals surface area contributed by atoms with Crippen molar-refractivity contribution in [2.75, 3.05) is 0 Å². The van der Waals surface area contributed by atoms with Crippen molar-refractivity contribution in [2.24, 2.45) is 0 Å². The number of aromatic nitrogens is 2. The lowest BCUT2D eigenvalue weighted by molar-refractivity contribution is 0.585. The molecule has 0 atom stereocenters. The standard InChI is InChI=1S/C17H25N3/c1-5-6-17-15(11-18-13(2)3)12-19-20(17)16-9-7-14(4)8-10-16/h7-10,12-13,18H,5-6,11H2,1-4H3. The lowest BCUT2D eigenvalue weighted by Gasteiger charge is -2.11. The number of nitrogens with zero attached hydrogens (tertiary/aromatic N) is 2. The molecule has 0 aliphatic carbocycles. The third-order valence-corrected chi connectivity index (χ3v) is 3.42. The highest BCUT2D eigenvalue weighted by Gasteiger charge is 2.11. The van der Waals surface area contributed by atoms with Crippen LogP contribution in [-0.4, -0.2) is 15.8 Å². The van der Waals surface area contributed by atoms with Crippen LogP contribution in [-0.2, 0) is 13.0 Å². The van der Waals surface area contributed by atoms with E-state index in [-0.39, 0.29) is 0 Å². The Hall–Kier alpha value is -1.61. The van der Waals surface area contributed by atoms with E-state index in [4.69, 9.17) is 0 Å². The van der Waals surface area contributed by atoms with Crippen LogP contribution in [0.3, 0.4) is 0 Å². The van der Waals surface area contributed by atoms with Gasteiger partial charge >= 0.3 is 0 Å². The minimum Gasteiger partial charge on any atom is -0.310 e. The normalized spacial score (nSPS) is 11.2. The van der Waals surface area contributed by atoms with Crippen molar-refractivity contribution in [2.45, 2.75) is 53.1 Å². The van der Waals surface area contributed by atoms with E-state index >= 15 is 0 Å². The van der Waals surface area contributed by atoms with E-state index < -0.39 is 0 Å². The Kier molecular flexibility index (Phi) is 4.96. The second-order valence-corrected chi connectivity index (χ2v) is 5.65. The Morgan fingerprint density at radius 1 is 1.20 bits per heavy atom. The van der Waals surface area contributed by atoms with E-state index in [0.717, 1.165) is 25.1 Å². The van der Waals surface area contributed by atoms with Crippen molar-refractivity contribution in [3.63, 3.8) is 0 Å². The van der Waals surface area contributed by atoms with Crippen molar-refractivity contribution in [1.82, 2.24) is 15.1 Å². The molecule has 108 valence electrons. The molecule has 0 amide bonds. The summed E-state index contributed by atoms with van der Waals surface area (Å²) in [6, 6.07) is 9.05. The number of hydrogen-bond acceptors (Lipinski definition) is 2. The maximum atomic E-state index is 4.59. The average molecular weight is 271 g/mol. The Balaban J connectivity index is 2.30. The highest BCUT2D eigenvalue weighted by atomic mass is 15.3. The molecule has 0 radical (unpaired) electrons. The summed E-state index contributed by atoms with van der Waals surface area (Å²) in [6.45, 7) is 9.55. The molecule has 0 bridgehead atoms. The molecule has 2 rings (SSSR count). The van der Waals surface area contributed by atoms with E-state index in [1.165, 1.54) is 16.8 Å². The molecule has 0 unspecified atom stereocenters. The van der Waals surface area contributed by atoms with Crippen LogP contribution in [0.5, 0.6) is 0 Å². The highest BCUT2D eigenvalue weighted by molar-refractivity contribution is 5.37. The van der Waals surface area contributed by atoms with Crippen molar-refractivity contribution < 1.29 is 0 Å². The number of benzene rings is 1. The maximum Gasteiger partial charge on any atom is 0.0649 e. The zero-order chi connectivity index (χ0) is 14.5. The molecule has 0 aliphatic heterocycles. The van der Waals surface area contributed by atoms with Crippen LogP contribution in [0.25, 0.3) is 5.69 Å². The number of aryl methyl sites for hydroxylation is 1. The van der Waals surface area contributed by atoms with Gasteiger partial charge in [0.15, 0.2) is 0 Å². The van der Waals surface area contributed by atoms with Gasteiger partial charge in [-0.3, -0.25) is 0 Å². The molecular formula is C17H25N3. The van der Waals surface area contributed by atoms with Gasteiger partial charge in [-0.15, -0.1) is 0 Å². The van der Waals surface area contributed by atoms with E-state index in [2.05, 4.69) is 67.1 Å². The van der Waals surface area contributed by atoms with Crippen LogP contribution in [0.1, 0.15) is 44.0 Å². The summed E-state index contributed by atoms with van der Waals surface area (Å²) in [6.07, 6.45) is 4.19. The summed E-state index contributed by atoms with van der Waals surface area (Å²) in [5.74, 6) is 0. The zero-order valence-corrected chi connectivity index (χ0v) is 13.0. The summed E-state index contributed by atoms with van der Waals surface area (Å²) in [7, 11) is 0. The van der Waals surface area contributed by atoms with Gasteiger partial charge < -0.3 is 5.32 Å². The van der Waals surface area contributed by atoms with Crippen LogP contribution in [0.4, 0.5) is 0 Å². The van der Waals surface area contributed by atoms with Crippen LogP contribution >= 0.6 is 0 Å². The maximum absolute atomic E-state index is 4.59. The number of nitrogens with one attached hydrogen (secondary N) is 1. The van der Waals surface area contributed by atoms with Gasteiger partial charge in [0, 0.05) is 23.8 Å². The SMILES string of the molecule is CCCc1c(CNC(C)C)cnn1-c1ccc(C)cc1. The minimum absolute atomic E-state index is 0.493. The van der Waals surface area contributed by atoms with Crippen molar-refractivity contribution in [3.05, 3.63) is 47.3 Å². The highest BCUT2D eigenvalue weighted by Crippen LogP contribution is 2.17. The third-order valence-electron chi connectivity index (χ3n) is 3.42. The Labute approximate surface area is 122 Å². The average Bonchev–Trinajstić information content (AvgIpc) is 2.81. The molecule has 1 heterocycles. The fraction of sp³-hybridized carbons (Fsp3) is 0.471. The van der Waals surface area contributed by atoms with Crippen molar-refractivity contribution in [3.8, 4) is 5.69 Å². The first kappa shape index (κ1) is 14.8.